The van der Waals surface area contributed by atoms with Crippen molar-refractivity contribution in [3.63, 3.8) is 0 Å². The Morgan fingerprint density at radius 2 is 2.08 bits per heavy atom. The molecule has 0 aromatic rings. The van der Waals surface area contributed by atoms with Gasteiger partial charge in [0.25, 0.3) is 0 Å². The van der Waals surface area contributed by atoms with E-state index in [2.05, 4.69) is 6.92 Å². The van der Waals surface area contributed by atoms with Crippen molar-refractivity contribution in [2.75, 3.05) is 34.3 Å². The third-order valence-corrected chi connectivity index (χ3v) is 2.69. The Kier molecular flexibility index (Phi) is 2.81. The highest BCUT2D eigenvalue weighted by molar-refractivity contribution is 5.75. The minimum Gasteiger partial charge on any atom is -0.375 e. The number of urea groups is 1. The number of methoxy groups -OCH3 is 1. The number of likely N-dealkylation sites (tertiary alicyclic amines) is 1. The number of hydrogen-bond acceptors (Lipinski definition) is 2. The molecule has 1 rings (SSSR count). The smallest absolute Gasteiger partial charge is 0.319 e. The molecule has 0 aliphatic carbocycles. The average Bonchev–Trinajstić information content (AvgIpc) is 2.04. The van der Waals surface area contributed by atoms with Crippen LogP contribution in [0.3, 0.4) is 0 Å². The lowest BCUT2D eigenvalue weighted by molar-refractivity contribution is -0.109. The molecule has 1 aliphatic rings. The van der Waals surface area contributed by atoms with Crippen molar-refractivity contribution >= 4 is 6.03 Å². The predicted octanol–water partition coefficient (Wildman–Crippen LogP) is 0.779. The van der Waals surface area contributed by atoms with E-state index in [-0.39, 0.29) is 11.6 Å². The molecule has 1 aliphatic heterocycles. The molecule has 1 saturated heterocycles. The lowest BCUT2D eigenvalue weighted by Crippen LogP contribution is -2.65. The molecule has 4 heteroatoms. The van der Waals surface area contributed by atoms with Crippen molar-refractivity contribution in [3.8, 4) is 0 Å². The Bertz CT molecular complexity index is 192. The van der Waals surface area contributed by atoms with Crippen molar-refractivity contribution in [3.05, 3.63) is 0 Å². The van der Waals surface area contributed by atoms with E-state index in [0.717, 1.165) is 19.5 Å². The number of ether oxygens (including phenoxy) is 1. The lowest BCUT2D eigenvalue weighted by atomic mass is 9.91. The van der Waals surface area contributed by atoms with E-state index in [1.165, 1.54) is 0 Å². The van der Waals surface area contributed by atoms with Gasteiger partial charge < -0.3 is 14.5 Å². The van der Waals surface area contributed by atoms with E-state index in [0.29, 0.717) is 0 Å². The Balaban J connectivity index is 2.44. The molecule has 0 aromatic carbocycles. The van der Waals surface area contributed by atoms with Gasteiger partial charge in [0.15, 0.2) is 0 Å². The summed E-state index contributed by atoms with van der Waals surface area (Å²) < 4.78 is 5.37. The number of rotatable bonds is 2. The second kappa shape index (κ2) is 3.54. The Morgan fingerprint density at radius 1 is 1.54 bits per heavy atom. The Hall–Kier alpha value is -0.770. The molecule has 0 unspecified atom stereocenters. The fraction of sp³-hybridized carbons (Fsp3) is 0.889. The molecule has 0 bridgehead atoms. The molecule has 0 atom stereocenters. The highest BCUT2D eigenvalue weighted by atomic mass is 16.5. The van der Waals surface area contributed by atoms with Gasteiger partial charge in [0.05, 0.1) is 13.1 Å². The summed E-state index contributed by atoms with van der Waals surface area (Å²) in [7, 11) is 5.24. The van der Waals surface area contributed by atoms with Gasteiger partial charge in [-0.25, -0.2) is 4.79 Å². The molecule has 0 spiro atoms. The van der Waals surface area contributed by atoms with E-state index in [4.69, 9.17) is 4.74 Å². The van der Waals surface area contributed by atoms with Crippen LogP contribution in [0, 0.1) is 0 Å². The predicted molar refractivity (Wildman–Crippen MR) is 50.7 cm³/mol. The van der Waals surface area contributed by atoms with E-state index in [1.54, 1.807) is 31.0 Å². The van der Waals surface area contributed by atoms with Crippen LogP contribution < -0.4 is 0 Å². The normalized spacial score (nSPS) is 19.5. The zero-order chi connectivity index (χ0) is 10.1. The molecule has 0 N–H and O–H groups in total. The van der Waals surface area contributed by atoms with E-state index < -0.39 is 0 Å². The molecule has 0 aromatic heterocycles. The second-order valence-corrected chi connectivity index (χ2v) is 3.77. The molecule has 76 valence electrons. The summed E-state index contributed by atoms with van der Waals surface area (Å²) in [6.45, 7) is 3.52. The van der Waals surface area contributed by atoms with Gasteiger partial charge in [0, 0.05) is 21.2 Å². The van der Waals surface area contributed by atoms with Crippen molar-refractivity contribution in [2.24, 2.45) is 0 Å². The fourth-order valence-electron chi connectivity index (χ4n) is 1.56. The topological polar surface area (TPSA) is 32.8 Å². The van der Waals surface area contributed by atoms with Crippen LogP contribution in [0.2, 0.25) is 0 Å². The van der Waals surface area contributed by atoms with Crippen molar-refractivity contribution in [1.82, 2.24) is 9.80 Å². The first-order valence-corrected chi connectivity index (χ1v) is 4.56. The maximum absolute atomic E-state index is 11.4. The molecule has 0 radical (unpaired) electrons. The zero-order valence-electron chi connectivity index (χ0n) is 8.83. The van der Waals surface area contributed by atoms with Gasteiger partial charge >= 0.3 is 6.03 Å². The SMILES string of the molecule is CCC1(OC)CN(C(=O)N(C)C)C1. The van der Waals surface area contributed by atoms with Crippen molar-refractivity contribution in [2.45, 2.75) is 18.9 Å². The first-order chi connectivity index (χ1) is 6.04. The monoisotopic (exact) mass is 186 g/mol. The third-order valence-electron chi connectivity index (χ3n) is 2.69. The van der Waals surface area contributed by atoms with Crippen LogP contribution in [0.25, 0.3) is 0 Å². The second-order valence-electron chi connectivity index (χ2n) is 3.77. The van der Waals surface area contributed by atoms with E-state index >= 15 is 0 Å². The molecular weight excluding hydrogens is 168 g/mol. The van der Waals surface area contributed by atoms with Crippen LogP contribution in [0.1, 0.15) is 13.3 Å². The van der Waals surface area contributed by atoms with Crippen LogP contribution >= 0.6 is 0 Å². The van der Waals surface area contributed by atoms with Crippen LogP contribution in [-0.2, 0) is 4.74 Å². The molecule has 0 saturated carbocycles. The first-order valence-electron chi connectivity index (χ1n) is 4.56. The van der Waals surface area contributed by atoms with Crippen LogP contribution in [-0.4, -0.2) is 55.7 Å². The average molecular weight is 186 g/mol. The summed E-state index contributed by atoms with van der Waals surface area (Å²) in [5, 5.41) is 0. The molecule has 13 heavy (non-hydrogen) atoms. The first kappa shape index (κ1) is 10.3. The van der Waals surface area contributed by atoms with E-state index in [9.17, 15) is 4.79 Å². The summed E-state index contributed by atoms with van der Waals surface area (Å²) in [6, 6.07) is 0.0705. The van der Waals surface area contributed by atoms with Gasteiger partial charge in [0.1, 0.15) is 5.60 Å². The van der Waals surface area contributed by atoms with Gasteiger partial charge in [-0.2, -0.15) is 0 Å². The van der Waals surface area contributed by atoms with Gasteiger partial charge in [-0.1, -0.05) is 6.92 Å². The molecule has 4 nitrogen and oxygen atoms in total. The fourth-order valence-corrected chi connectivity index (χ4v) is 1.56. The summed E-state index contributed by atoms with van der Waals surface area (Å²) in [6.07, 6.45) is 0.959. The van der Waals surface area contributed by atoms with E-state index in [1.807, 2.05) is 0 Å². The molecular formula is C9H18N2O2. The maximum Gasteiger partial charge on any atom is 0.319 e. The van der Waals surface area contributed by atoms with Crippen LogP contribution in [0.15, 0.2) is 0 Å². The summed E-state index contributed by atoms with van der Waals surface area (Å²) in [4.78, 5) is 14.8. The highest BCUT2D eigenvalue weighted by Crippen LogP contribution is 2.28. The summed E-state index contributed by atoms with van der Waals surface area (Å²) in [5.41, 5.74) is -0.0777. The van der Waals surface area contributed by atoms with Crippen LogP contribution in [0.5, 0.6) is 0 Å². The molecule has 1 fully saturated rings. The molecule has 2 amide bonds. The number of nitrogens with zero attached hydrogens (tertiary/aromatic N) is 2. The number of carbonyl (C=O) groups excluding carboxylic acids is 1. The van der Waals surface area contributed by atoms with Gasteiger partial charge in [-0.3, -0.25) is 0 Å². The number of carbonyl (C=O) groups is 1. The Labute approximate surface area is 79.4 Å². The maximum atomic E-state index is 11.4. The molecule has 1 heterocycles. The van der Waals surface area contributed by atoms with Crippen LogP contribution in [0.4, 0.5) is 4.79 Å². The zero-order valence-corrected chi connectivity index (χ0v) is 8.83. The van der Waals surface area contributed by atoms with Gasteiger partial charge in [0.2, 0.25) is 0 Å². The third kappa shape index (κ3) is 1.77. The largest absolute Gasteiger partial charge is 0.375 e. The standard InChI is InChI=1S/C9H18N2O2/c1-5-9(13-4)6-11(7-9)8(12)10(2)3/h5-7H2,1-4H3. The number of amides is 2. The minimum absolute atomic E-state index is 0.0705. The van der Waals surface area contributed by atoms with Crippen molar-refractivity contribution < 1.29 is 9.53 Å². The van der Waals surface area contributed by atoms with Gasteiger partial charge in [-0.15, -0.1) is 0 Å². The highest BCUT2D eigenvalue weighted by Gasteiger charge is 2.44. The van der Waals surface area contributed by atoms with Crippen molar-refractivity contribution in [1.29, 1.82) is 0 Å². The minimum atomic E-state index is -0.0777. The summed E-state index contributed by atoms with van der Waals surface area (Å²) >= 11 is 0. The lowest BCUT2D eigenvalue weighted by Gasteiger charge is -2.49. The Morgan fingerprint density at radius 3 is 2.38 bits per heavy atom. The quantitative estimate of drug-likeness (QED) is 0.638. The number of hydrogen-bond donors (Lipinski definition) is 0. The summed E-state index contributed by atoms with van der Waals surface area (Å²) in [5.74, 6) is 0. The van der Waals surface area contributed by atoms with Gasteiger partial charge in [-0.05, 0) is 6.42 Å².